The van der Waals surface area contributed by atoms with Gasteiger partial charge in [0, 0.05) is 24.8 Å². The Morgan fingerprint density at radius 3 is 2.88 bits per heavy atom. The minimum Gasteiger partial charge on any atom is -0.493 e. The van der Waals surface area contributed by atoms with Gasteiger partial charge >= 0.3 is 0 Å². The van der Waals surface area contributed by atoms with E-state index in [1.807, 2.05) is 25.2 Å². The first kappa shape index (κ1) is 18.3. The van der Waals surface area contributed by atoms with Crippen LogP contribution in [0.3, 0.4) is 0 Å². The molecule has 0 radical (unpaired) electrons. The van der Waals surface area contributed by atoms with Gasteiger partial charge in [-0.1, -0.05) is 6.07 Å². The van der Waals surface area contributed by atoms with E-state index >= 15 is 0 Å². The first-order valence-corrected chi connectivity index (χ1v) is 8.94. The Bertz CT molecular complexity index is 753. The van der Waals surface area contributed by atoms with Crippen LogP contribution in [0, 0.1) is 0 Å². The number of anilines is 2. The van der Waals surface area contributed by atoms with Crippen molar-refractivity contribution in [3.63, 3.8) is 0 Å². The van der Waals surface area contributed by atoms with Crippen molar-refractivity contribution in [1.29, 1.82) is 0 Å². The predicted octanol–water partition coefficient (Wildman–Crippen LogP) is 2.64. The number of nitrogen functional groups attached to an aromatic ring is 1. The molecule has 3 N–H and O–H groups in total. The molecular weight excluding hydrogens is 330 g/mol. The largest absolute Gasteiger partial charge is 0.493 e. The molecule has 1 aliphatic heterocycles. The van der Waals surface area contributed by atoms with Crippen LogP contribution in [0.25, 0.3) is 11.1 Å². The Kier molecular flexibility index (Phi) is 5.78. The maximum atomic E-state index is 6.06. The maximum Gasteiger partial charge on any atom is 0.221 e. The van der Waals surface area contributed by atoms with Gasteiger partial charge in [0.25, 0.3) is 0 Å². The lowest BCUT2D eigenvalue weighted by atomic mass is 10.1. The monoisotopic (exact) mass is 357 g/mol. The first-order valence-electron chi connectivity index (χ1n) is 8.94. The maximum absolute atomic E-state index is 6.06. The molecule has 140 valence electrons. The molecule has 1 aliphatic rings. The second-order valence-electron chi connectivity index (χ2n) is 6.52. The van der Waals surface area contributed by atoms with Gasteiger partial charge in [0.15, 0.2) is 11.5 Å². The van der Waals surface area contributed by atoms with Crippen molar-refractivity contribution >= 4 is 11.8 Å². The molecule has 0 spiro atoms. The molecule has 26 heavy (non-hydrogen) atoms. The number of benzene rings is 1. The number of rotatable bonds is 7. The van der Waals surface area contributed by atoms with Crippen molar-refractivity contribution in [2.75, 3.05) is 45.4 Å². The lowest BCUT2D eigenvalue weighted by Gasteiger charge is -2.20. The number of ether oxygens (including phenoxy) is 2. The average molecular weight is 357 g/mol. The summed E-state index contributed by atoms with van der Waals surface area (Å²) in [5, 5.41) is 3.06. The van der Waals surface area contributed by atoms with Gasteiger partial charge in [0.05, 0.1) is 13.7 Å². The van der Waals surface area contributed by atoms with Crippen molar-refractivity contribution in [1.82, 2.24) is 14.9 Å². The van der Waals surface area contributed by atoms with Crippen molar-refractivity contribution in [2.45, 2.75) is 25.3 Å². The van der Waals surface area contributed by atoms with Gasteiger partial charge in [-0.15, -0.1) is 0 Å². The standard InChI is InChI=1S/C19H27N5O2/c1-21-18-15(12-22-19(20)23-18)13-6-7-16(25-3)17(11-13)26-10-8-14-5-4-9-24(14)2/h6-7,11-12,14H,4-5,8-10H2,1-3H3,(H3,20,21,22,23). The number of likely N-dealkylation sites (tertiary alicyclic amines) is 1. The van der Waals surface area contributed by atoms with E-state index < -0.39 is 0 Å². The summed E-state index contributed by atoms with van der Waals surface area (Å²) >= 11 is 0. The average Bonchev–Trinajstić information content (AvgIpc) is 3.06. The van der Waals surface area contributed by atoms with Crippen LogP contribution in [0.4, 0.5) is 11.8 Å². The smallest absolute Gasteiger partial charge is 0.221 e. The van der Waals surface area contributed by atoms with E-state index in [9.17, 15) is 0 Å². The zero-order valence-electron chi connectivity index (χ0n) is 15.7. The van der Waals surface area contributed by atoms with Gasteiger partial charge in [0.1, 0.15) is 5.82 Å². The van der Waals surface area contributed by atoms with E-state index in [1.165, 1.54) is 19.4 Å². The zero-order valence-corrected chi connectivity index (χ0v) is 15.7. The molecule has 2 aromatic rings. The molecule has 0 bridgehead atoms. The number of nitrogens with zero attached hydrogens (tertiary/aromatic N) is 3. The molecule has 0 aliphatic carbocycles. The van der Waals surface area contributed by atoms with Crippen LogP contribution >= 0.6 is 0 Å². The predicted molar refractivity (Wildman–Crippen MR) is 104 cm³/mol. The summed E-state index contributed by atoms with van der Waals surface area (Å²) < 4.78 is 11.5. The zero-order chi connectivity index (χ0) is 18.5. The summed E-state index contributed by atoms with van der Waals surface area (Å²) in [4.78, 5) is 10.8. The first-order chi connectivity index (χ1) is 12.6. The van der Waals surface area contributed by atoms with Crippen LogP contribution in [0.2, 0.25) is 0 Å². The number of hydrogen-bond acceptors (Lipinski definition) is 7. The summed E-state index contributed by atoms with van der Waals surface area (Å²) in [6, 6.07) is 6.44. The third-order valence-electron chi connectivity index (χ3n) is 4.90. The number of nitrogens with two attached hydrogens (primary N) is 1. The van der Waals surface area contributed by atoms with Crippen LogP contribution in [-0.2, 0) is 0 Å². The quantitative estimate of drug-likeness (QED) is 0.788. The Morgan fingerprint density at radius 1 is 1.35 bits per heavy atom. The van der Waals surface area contributed by atoms with E-state index in [0.29, 0.717) is 18.5 Å². The number of hydrogen-bond donors (Lipinski definition) is 2. The number of aromatic nitrogens is 2. The normalized spacial score (nSPS) is 17.3. The van der Waals surface area contributed by atoms with E-state index in [0.717, 1.165) is 29.0 Å². The Balaban J connectivity index is 1.78. The van der Waals surface area contributed by atoms with Gasteiger partial charge in [-0.2, -0.15) is 4.98 Å². The fourth-order valence-corrected chi connectivity index (χ4v) is 3.40. The SMILES string of the molecule is CNc1nc(N)ncc1-c1ccc(OC)c(OCCC2CCCN2C)c1. The third kappa shape index (κ3) is 3.99. The second kappa shape index (κ2) is 8.23. The molecule has 0 amide bonds. The van der Waals surface area contributed by atoms with Crippen molar-refractivity contribution in [3.05, 3.63) is 24.4 Å². The molecule has 7 nitrogen and oxygen atoms in total. The lowest BCUT2D eigenvalue weighted by molar-refractivity contribution is 0.227. The minimum absolute atomic E-state index is 0.240. The Hall–Kier alpha value is -2.54. The highest BCUT2D eigenvalue weighted by atomic mass is 16.5. The summed E-state index contributed by atoms with van der Waals surface area (Å²) in [5.41, 5.74) is 7.50. The Labute approximate surface area is 154 Å². The lowest BCUT2D eigenvalue weighted by Crippen LogP contribution is -2.26. The minimum atomic E-state index is 0.240. The van der Waals surface area contributed by atoms with Crippen molar-refractivity contribution in [3.8, 4) is 22.6 Å². The van der Waals surface area contributed by atoms with E-state index in [4.69, 9.17) is 15.2 Å². The number of nitrogens with one attached hydrogen (secondary N) is 1. The highest BCUT2D eigenvalue weighted by molar-refractivity contribution is 5.76. The van der Waals surface area contributed by atoms with Gasteiger partial charge in [-0.3, -0.25) is 0 Å². The molecule has 1 fully saturated rings. The molecule has 1 unspecified atom stereocenters. The highest BCUT2D eigenvalue weighted by Gasteiger charge is 2.20. The molecule has 1 aromatic carbocycles. The summed E-state index contributed by atoms with van der Waals surface area (Å²) in [6.07, 6.45) is 5.24. The summed E-state index contributed by atoms with van der Waals surface area (Å²) in [7, 11) is 5.64. The van der Waals surface area contributed by atoms with Crippen LogP contribution < -0.4 is 20.5 Å². The fourth-order valence-electron chi connectivity index (χ4n) is 3.40. The molecule has 7 heteroatoms. The molecule has 1 saturated heterocycles. The van der Waals surface area contributed by atoms with Gasteiger partial charge < -0.3 is 25.4 Å². The van der Waals surface area contributed by atoms with Crippen LogP contribution in [0.5, 0.6) is 11.5 Å². The van der Waals surface area contributed by atoms with Gasteiger partial charge in [-0.05, 0) is 50.6 Å². The van der Waals surface area contributed by atoms with Gasteiger partial charge in [-0.25, -0.2) is 4.98 Å². The van der Waals surface area contributed by atoms with E-state index in [-0.39, 0.29) is 5.95 Å². The highest BCUT2D eigenvalue weighted by Crippen LogP contribution is 2.35. The third-order valence-corrected chi connectivity index (χ3v) is 4.90. The molecule has 1 atom stereocenters. The summed E-state index contributed by atoms with van der Waals surface area (Å²) in [5.74, 6) is 2.37. The molecule has 0 saturated carbocycles. The van der Waals surface area contributed by atoms with Crippen molar-refractivity contribution < 1.29 is 9.47 Å². The molecule has 1 aromatic heterocycles. The molecule has 2 heterocycles. The summed E-state index contributed by atoms with van der Waals surface area (Å²) in [6.45, 7) is 1.83. The van der Waals surface area contributed by atoms with Crippen LogP contribution in [0.15, 0.2) is 24.4 Å². The molecule has 3 rings (SSSR count). The number of methoxy groups -OCH3 is 1. The van der Waals surface area contributed by atoms with Crippen LogP contribution in [-0.4, -0.2) is 55.3 Å². The topological polar surface area (TPSA) is 85.5 Å². The second-order valence-corrected chi connectivity index (χ2v) is 6.52. The van der Waals surface area contributed by atoms with E-state index in [2.05, 4.69) is 27.2 Å². The van der Waals surface area contributed by atoms with E-state index in [1.54, 1.807) is 13.3 Å². The van der Waals surface area contributed by atoms with Crippen molar-refractivity contribution in [2.24, 2.45) is 0 Å². The fraction of sp³-hybridized carbons (Fsp3) is 0.474. The van der Waals surface area contributed by atoms with Crippen LogP contribution in [0.1, 0.15) is 19.3 Å². The van der Waals surface area contributed by atoms with Gasteiger partial charge in [0.2, 0.25) is 5.95 Å². The molecular formula is C19H27N5O2. The Morgan fingerprint density at radius 2 is 2.19 bits per heavy atom.